The first-order valence-corrected chi connectivity index (χ1v) is 5.27. The summed E-state index contributed by atoms with van der Waals surface area (Å²) in [5.74, 6) is 0. The zero-order valence-electron chi connectivity index (χ0n) is 5.94. The molecular weight excluding hydrogens is 180 g/mol. The van der Waals surface area contributed by atoms with Gasteiger partial charge < -0.3 is 4.55 Å². The van der Waals surface area contributed by atoms with Crippen LogP contribution in [0.15, 0.2) is 34.1 Å². The van der Waals surface area contributed by atoms with Gasteiger partial charge in [-0.05, 0) is 41.6 Å². The van der Waals surface area contributed by atoms with Crippen molar-refractivity contribution in [3.8, 4) is 0 Å². The molecule has 0 aromatic heterocycles. The Morgan fingerprint density at radius 3 is 2.27 bits per heavy atom. The molecule has 0 fully saturated rings. The van der Waals surface area contributed by atoms with Gasteiger partial charge in [-0.1, -0.05) is 0 Å². The van der Waals surface area contributed by atoms with Crippen LogP contribution in [0.1, 0.15) is 0 Å². The molecule has 0 amide bonds. The second kappa shape index (κ2) is 3.90. The maximum absolute atomic E-state index is 10.4. The van der Waals surface area contributed by atoms with Gasteiger partial charge in [-0.3, -0.25) is 4.21 Å². The summed E-state index contributed by atoms with van der Waals surface area (Å²) in [7, 11) is 0. The minimum atomic E-state index is -2.10. The summed E-state index contributed by atoms with van der Waals surface area (Å²) in [6.45, 7) is 0. The van der Waals surface area contributed by atoms with Gasteiger partial charge in [0.25, 0.3) is 0 Å². The van der Waals surface area contributed by atoms with Gasteiger partial charge in [-0.25, -0.2) is 0 Å². The smallest absolute Gasteiger partial charge is 0.0249 e. The molecule has 0 heterocycles. The Morgan fingerprint density at radius 2 is 1.91 bits per heavy atom. The number of rotatable bonds is 2. The summed E-state index contributed by atoms with van der Waals surface area (Å²) < 4.78 is 20.8. The average molecular weight is 187 g/mol. The van der Waals surface area contributed by atoms with Gasteiger partial charge in [0.05, 0.1) is 0 Å². The minimum Gasteiger partial charge on any atom is -0.768 e. The first-order chi connectivity index (χ1) is 5.24. The van der Waals surface area contributed by atoms with Crippen molar-refractivity contribution in [2.45, 2.75) is 9.79 Å². The maximum Gasteiger partial charge on any atom is 0.0249 e. The van der Waals surface area contributed by atoms with E-state index in [1.165, 1.54) is 0 Å². The lowest BCUT2D eigenvalue weighted by Gasteiger charge is -2.04. The van der Waals surface area contributed by atoms with Crippen LogP contribution in [-0.4, -0.2) is 15.0 Å². The topological polar surface area (TPSA) is 40.1 Å². The second-order valence-corrected chi connectivity index (χ2v) is 3.73. The molecular formula is C7H7O2S2-. The fraction of sp³-hybridized carbons (Fsp3) is 0.143. The van der Waals surface area contributed by atoms with Crippen LogP contribution in [0.5, 0.6) is 0 Å². The lowest BCUT2D eigenvalue weighted by atomic mass is 10.4. The third kappa shape index (κ3) is 2.32. The van der Waals surface area contributed by atoms with E-state index in [4.69, 9.17) is 0 Å². The molecule has 0 spiro atoms. The molecule has 0 aliphatic heterocycles. The number of thioether (sulfide) groups is 1. The normalized spacial score (nSPS) is 12.9. The minimum absolute atomic E-state index is 0.336. The Labute approximate surface area is 72.3 Å². The van der Waals surface area contributed by atoms with E-state index in [-0.39, 0.29) is 0 Å². The molecule has 1 unspecified atom stereocenters. The summed E-state index contributed by atoms with van der Waals surface area (Å²) in [4.78, 5) is 1.40. The average Bonchev–Trinajstić information content (AvgIpc) is 2.05. The van der Waals surface area contributed by atoms with Crippen LogP contribution in [0.4, 0.5) is 0 Å². The fourth-order valence-electron chi connectivity index (χ4n) is 0.687. The first kappa shape index (κ1) is 8.77. The van der Waals surface area contributed by atoms with E-state index in [9.17, 15) is 8.76 Å². The predicted octanol–water partition coefficient (Wildman–Crippen LogP) is 1.65. The quantitative estimate of drug-likeness (QED) is 0.522. The van der Waals surface area contributed by atoms with Crippen LogP contribution in [0.25, 0.3) is 0 Å². The number of benzene rings is 1. The highest BCUT2D eigenvalue weighted by molar-refractivity contribution is 7.98. The van der Waals surface area contributed by atoms with E-state index >= 15 is 0 Å². The van der Waals surface area contributed by atoms with E-state index in [1.54, 1.807) is 36.0 Å². The maximum atomic E-state index is 10.4. The third-order valence-electron chi connectivity index (χ3n) is 1.25. The van der Waals surface area contributed by atoms with Crippen molar-refractivity contribution < 1.29 is 8.76 Å². The highest BCUT2D eigenvalue weighted by Crippen LogP contribution is 2.15. The van der Waals surface area contributed by atoms with Crippen LogP contribution in [-0.2, 0) is 11.1 Å². The van der Waals surface area contributed by atoms with E-state index < -0.39 is 11.1 Å². The molecule has 0 bridgehead atoms. The molecule has 0 saturated heterocycles. The molecule has 1 rings (SSSR count). The monoisotopic (exact) mass is 187 g/mol. The van der Waals surface area contributed by atoms with Gasteiger partial charge in [0.1, 0.15) is 0 Å². The Morgan fingerprint density at radius 1 is 1.36 bits per heavy atom. The van der Waals surface area contributed by atoms with Crippen molar-refractivity contribution >= 4 is 22.8 Å². The molecule has 0 aliphatic rings. The second-order valence-electron chi connectivity index (χ2n) is 1.91. The third-order valence-corrected chi connectivity index (χ3v) is 2.65. The molecule has 1 aromatic rings. The van der Waals surface area contributed by atoms with Crippen LogP contribution in [0.2, 0.25) is 0 Å². The van der Waals surface area contributed by atoms with E-state index in [2.05, 4.69) is 0 Å². The van der Waals surface area contributed by atoms with Crippen molar-refractivity contribution in [3.05, 3.63) is 24.3 Å². The van der Waals surface area contributed by atoms with Crippen molar-refractivity contribution in [1.82, 2.24) is 0 Å². The van der Waals surface area contributed by atoms with Gasteiger partial charge in [0.2, 0.25) is 0 Å². The molecule has 2 nitrogen and oxygen atoms in total. The highest BCUT2D eigenvalue weighted by Gasteiger charge is 1.91. The lowest BCUT2D eigenvalue weighted by Crippen LogP contribution is -1.86. The lowest BCUT2D eigenvalue weighted by molar-refractivity contribution is 0.537. The van der Waals surface area contributed by atoms with Crippen LogP contribution in [0.3, 0.4) is 0 Å². The van der Waals surface area contributed by atoms with Gasteiger partial charge in [0, 0.05) is 9.79 Å². The molecule has 60 valence electrons. The van der Waals surface area contributed by atoms with Gasteiger partial charge in [-0.2, -0.15) is 0 Å². The molecule has 0 radical (unpaired) electrons. The Bertz CT molecular complexity index is 256. The Balaban J connectivity index is 2.91. The van der Waals surface area contributed by atoms with E-state index in [1.807, 2.05) is 6.26 Å². The molecule has 11 heavy (non-hydrogen) atoms. The van der Waals surface area contributed by atoms with Crippen LogP contribution >= 0.6 is 11.8 Å². The molecule has 0 N–H and O–H groups in total. The molecule has 1 atom stereocenters. The zero-order valence-corrected chi connectivity index (χ0v) is 7.58. The Kier molecular flexibility index (Phi) is 3.11. The standard InChI is InChI=1S/C7H8O2S2/c1-10-6-2-4-7(5-3-6)11(8)9/h2-5H,1H3,(H,8,9)/p-1. The molecule has 4 heteroatoms. The van der Waals surface area contributed by atoms with Crippen LogP contribution < -0.4 is 0 Å². The van der Waals surface area contributed by atoms with Crippen molar-refractivity contribution in [2.24, 2.45) is 0 Å². The van der Waals surface area contributed by atoms with Crippen molar-refractivity contribution in [1.29, 1.82) is 0 Å². The molecule has 1 aromatic carbocycles. The summed E-state index contributed by atoms with van der Waals surface area (Å²) in [6.07, 6.45) is 1.95. The largest absolute Gasteiger partial charge is 0.768 e. The summed E-state index contributed by atoms with van der Waals surface area (Å²) in [5.41, 5.74) is 0. The van der Waals surface area contributed by atoms with E-state index in [0.29, 0.717) is 4.90 Å². The predicted molar refractivity (Wildman–Crippen MR) is 45.4 cm³/mol. The summed E-state index contributed by atoms with van der Waals surface area (Å²) in [6, 6.07) is 6.76. The number of hydrogen-bond acceptors (Lipinski definition) is 3. The van der Waals surface area contributed by atoms with Crippen molar-refractivity contribution in [2.75, 3.05) is 6.26 Å². The van der Waals surface area contributed by atoms with Gasteiger partial charge in [0.15, 0.2) is 0 Å². The summed E-state index contributed by atoms with van der Waals surface area (Å²) in [5, 5.41) is 0. The molecule has 0 saturated carbocycles. The van der Waals surface area contributed by atoms with Crippen LogP contribution in [0, 0.1) is 0 Å². The zero-order chi connectivity index (χ0) is 8.27. The highest BCUT2D eigenvalue weighted by atomic mass is 32.2. The SMILES string of the molecule is CSc1ccc(S(=O)[O-])cc1. The Hall–Kier alpha value is -0.320. The first-order valence-electron chi connectivity index (χ1n) is 2.97. The fourth-order valence-corrected chi connectivity index (χ4v) is 1.45. The van der Waals surface area contributed by atoms with Crippen molar-refractivity contribution in [3.63, 3.8) is 0 Å². The van der Waals surface area contributed by atoms with Gasteiger partial charge >= 0.3 is 0 Å². The molecule has 0 aliphatic carbocycles. The van der Waals surface area contributed by atoms with E-state index in [0.717, 1.165) is 4.90 Å². The summed E-state index contributed by atoms with van der Waals surface area (Å²) >= 11 is -0.510. The number of hydrogen-bond donors (Lipinski definition) is 0. The van der Waals surface area contributed by atoms with Gasteiger partial charge in [-0.15, -0.1) is 11.8 Å².